The van der Waals surface area contributed by atoms with Crippen LogP contribution in [0.4, 0.5) is 18.9 Å². The fraction of sp³-hybridized carbons (Fsp3) is 0.211. The van der Waals surface area contributed by atoms with E-state index in [-0.39, 0.29) is 5.69 Å². The Morgan fingerprint density at radius 3 is 2.54 bits per heavy atom. The molecule has 2 aromatic carbocycles. The summed E-state index contributed by atoms with van der Waals surface area (Å²) in [5, 5.41) is 2.25. The number of halogens is 3. The minimum absolute atomic E-state index is 0.293. The van der Waals surface area contributed by atoms with Gasteiger partial charge in [0.2, 0.25) is 5.91 Å². The normalized spacial score (nSPS) is 11.4. The molecule has 0 aromatic heterocycles. The van der Waals surface area contributed by atoms with E-state index in [2.05, 4.69) is 5.32 Å². The number of anilines is 1. The predicted octanol–water partition coefficient (Wildman–Crippen LogP) is 4.76. The van der Waals surface area contributed by atoms with E-state index < -0.39 is 17.6 Å². The number of benzene rings is 2. The van der Waals surface area contributed by atoms with Crippen molar-refractivity contribution in [1.29, 1.82) is 0 Å². The average Bonchev–Trinajstić information content (AvgIpc) is 2.60. The highest BCUT2D eigenvalue weighted by Gasteiger charge is 2.33. The largest absolute Gasteiger partial charge is 0.493 e. The van der Waals surface area contributed by atoms with Crippen molar-refractivity contribution >= 4 is 17.7 Å². The maximum absolute atomic E-state index is 12.9. The zero-order valence-electron chi connectivity index (χ0n) is 14.3. The van der Waals surface area contributed by atoms with Crippen molar-refractivity contribution in [3.05, 3.63) is 59.7 Å². The highest BCUT2D eigenvalue weighted by atomic mass is 19.4. The molecule has 0 fully saturated rings. The Hall–Kier alpha value is -2.96. The molecular formula is C19H18F3NO3. The maximum atomic E-state index is 12.9. The van der Waals surface area contributed by atoms with E-state index in [1.807, 2.05) is 6.92 Å². The highest BCUT2D eigenvalue weighted by molar-refractivity contribution is 6.02. The van der Waals surface area contributed by atoms with Crippen LogP contribution < -0.4 is 14.8 Å². The molecule has 4 nitrogen and oxygen atoms in total. The zero-order chi connectivity index (χ0) is 19.2. The van der Waals surface area contributed by atoms with Crippen LogP contribution in [0.5, 0.6) is 11.5 Å². The first-order valence-electron chi connectivity index (χ1n) is 7.81. The van der Waals surface area contributed by atoms with E-state index in [0.717, 1.165) is 12.1 Å². The molecule has 0 bridgehead atoms. The second-order valence-corrected chi connectivity index (χ2v) is 5.21. The van der Waals surface area contributed by atoms with Crippen LogP contribution in [0, 0.1) is 0 Å². The summed E-state index contributed by atoms with van der Waals surface area (Å²) >= 11 is 0. The summed E-state index contributed by atoms with van der Waals surface area (Å²) in [5.74, 6) is 0.391. The fourth-order valence-electron chi connectivity index (χ4n) is 2.25. The predicted molar refractivity (Wildman–Crippen MR) is 93.3 cm³/mol. The summed E-state index contributed by atoms with van der Waals surface area (Å²) in [6.45, 7) is 2.32. The Labute approximate surface area is 149 Å². The molecule has 0 radical (unpaired) electrons. The van der Waals surface area contributed by atoms with Crippen LogP contribution in [-0.4, -0.2) is 19.6 Å². The lowest BCUT2D eigenvalue weighted by Crippen LogP contribution is -2.14. The topological polar surface area (TPSA) is 47.6 Å². The van der Waals surface area contributed by atoms with E-state index in [4.69, 9.17) is 9.47 Å². The smallest absolute Gasteiger partial charge is 0.418 e. The number of methoxy groups -OCH3 is 1. The number of amides is 1. The van der Waals surface area contributed by atoms with Crippen molar-refractivity contribution in [3.8, 4) is 11.5 Å². The second-order valence-electron chi connectivity index (χ2n) is 5.21. The van der Waals surface area contributed by atoms with Gasteiger partial charge in [0, 0.05) is 6.08 Å². The summed E-state index contributed by atoms with van der Waals surface area (Å²) in [6, 6.07) is 9.87. The fourth-order valence-corrected chi connectivity index (χ4v) is 2.25. The summed E-state index contributed by atoms with van der Waals surface area (Å²) in [6.07, 6.45) is -1.91. The number of rotatable bonds is 6. The average molecular weight is 365 g/mol. The Morgan fingerprint density at radius 1 is 1.15 bits per heavy atom. The van der Waals surface area contributed by atoms with Gasteiger partial charge < -0.3 is 14.8 Å². The monoisotopic (exact) mass is 365 g/mol. The third kappa shape index (κ3) is 5.02. The molecule has 1 N–H and O–H groups in total. The van der Waals surface area contributed by atoms with Crippen molar-refractivity contribution in [2.24, 2.45) is 0 Å². The van der Waals surface area contributed by atoms with E-state index in [1.54, 1.807) is 18.2 Å². The van der Waals surface area contributed by atoms with Crippen LogP contribution in [0.15, 0.2) is 48.5 Å². The summed E-state index contributed by atoms with van der Waals surface area (Å²) < 4.78 is 49.4. The van der Waals surface area contributed by atoms with E-state index in [1.165, 1.54) is 31.4 Å². The van der Waals surface area contributed by atoms with Gasteiger partial charge in [0.25, 0.3) is 0 Å². The van der Waals surface area contributed by atoms with E-state index in [0.29, 0.717) is 23.7 Å². The Morgan fingerprint density at radius 2 is 1.88 bits per heavy atom. The molecule has 138 valence electrons. The first-order chi connectivity index (χ1) is 12.3. The standard InChI is InChI=1S/C19H18F3NO3/c1-3-26-16-10-8-13(12-17(16)25-2)9-11-18(24)23-15-7-5-4-6-14(15)19(20,21)22/h4-12H,3H2,1-2H3,(H,23,24). The number of ether oxygens (including phenoxy) is 2. The Balaban J connectivity index is 2.14. The van der Waals surface area contributed by atoms with Gasteiger partial charge in [0.1, 0.15) is 0 Å². The first-order valence-corrected chi connectivity index (χ1v) is 7.81. The molecule has 0 saturated carbocycles. The number of carbonyl (C=O) groups excluding carboxylic acids is 1. The van der Waals surface area contributed by atoms with Crippen molar-refractivity contribution in [3.63, 3.8) is 0 Å². The lowest BCUT2D eigenvalue weighted by atomic mass is 10.1. The summed E-state index contributed by atoms with van der Waals surface area (Å²) in [5.41, 5.74) is -0.548. The molecule has 26 heavy (non-hydrogen) atoms. The Kier molecular flexibility index (Phi) is 6.27. The van der Waals surface area contributed by atoms with Crippen LogP contribution in [0.3, 0.4) is 0 Å². The maximum Gasteiger partial charge on any atom is 0.418 e. The molecule has 0 heterocycles. The molecule has 0 saturated heterocycles. The summed E-state index contributed by atoms with van der Waals surface area (Å²) in [4.78, 5) is 12.0. The molecule has 0 spiro atoms. The third-order valence-electron chi connectivity index (χ3n) is 3.41. The SMILES string of the molecule is CCOc1ccc(C=CC(=O)Nc2ccccc2C(F)(F)F)cc1OC. The molecule has 0 unspecified atom stereocenters. The molecule has 1 amide bonds. The molecule has 2 aromatic rings. The van der Waals surface area contributed by atoms with Crippen molar-refractivity contribution in [2.45, 2.75) is 13.1 Å². The van der Waals surface area contributed by atoms with Gasteiger partial charge in [-0.3, -0.25) is 4.79 Å². The van der Waals surface area contributed by atoms with Gasteiger partial charge in [-0.1, -0.05) is 18.2 Å². The quantitative estimate of drug-likeness (QED) is 0.751. The van der Waals surface area contributed by atoms with Gasteiger partial charge in [-0.2, -0.15) is 13.2 Å². The van der Waals surface area contributed by atoms with Crippen LogP contribution in [0.1, 0.15) is 18.1 Å². The number of hydrogen-bond donors (Lipinski definition) is 1. The second kappa shape index (κ2) is 8.42. The van der Waals surface area contributed by atoms with E-state index >= 15 is 0 Å². The van der Waals surface area contributed by atoms with Gasteiger partial charge in [-0.15, -0.1) is 0 Å². The van der Waals surface area contributed by atoms with Gasteiger partial charge in [-0.05, 0) is 42.8 Å². The zero-order valence-corrected chi connectivity index (χ0v) is 14.3. The number of alkyl halides is 3. The lowest BCUT2D eigenvalue weighted by molar-refractivity contribution is -0.136. The molecule has 0 aliphatic heterocycles. The highest BCUT2D eigenvalue weighted by Crippen LogP contribution is 2.34. The van der Waals surface area contributed by atoms with Gasteiger partial charge in [0.05, 0.1) is 25.0 Å². The van der Waals surface area contributed by atoms with Crippen molar-refractivity contribution in [1.82, 2.24) is 0 Å². The summed E-state index contributed by atoms with van der Waals surface area (Å²) in [7, 11) is 1.49. The van der Waals surface area contributed by atoms with Crippen LogP contribution >= 0.6 is 0 Å². The van der Waals surface area contributed by atoms with Crippen LogP contribution in [-0.2, 0) is 11.0 Å². The number of hydrogen-bond acceptors (Lipinski definition) is 3. The van der Waals surface area contributed by atoms with Crippen LogP contribution in [0.2, 0.25) is 0 Å². The van der Waals surface area contributed by atoms with E-state index in [9.17, 15) is 18.0 Å². The van der Waals surface area contributed by atoms with Gasteiger partial charge in [0.15, 0.2) is 11.5 Å². The number of nitrogens with one attached hydrogen (secondary N) is 1. The Bertz CT molecular complexity index is 801. The number of carbonyl (C=O) groups is 1. The van der Waals surface area contributed by atoms with Crippen molar-refractivity contribution < 1.29 is 27.4 Å². The number of para-hydroxylation sites is 1. The molecular weight excluding hydrogens is 347 g/mol. The minimum Gasteiger partial charge on any atom is -0.493 e. The molecule has 0 atom stereocenters. The molecule has 2 rings (SSSR count). The third-order valence-corrected chi connectivity index (χ3v) is 3.41. The van der Waals surface area contributed by atoms with Crippen molar-refractivity contribution in [2.75, 3.05) is 19.0 Å². The van der Waals surface area contributed by atoms with Gasteiger partial charge in [-0.25, -0.2) is 0 Å². The van der Waals surface area contributed by atoms with Crippen LogP contribution in [0.25, 0.3) is 6.08 Å². The van der Waals surface area contributed by atoms with Gasteiger partial charge >= 0.3 is 6.18 Å². The molecule has 0 aliphatic carbocycles. The lowest BCUT2D eigenvalue weighted by Gasteiger charge is -2.12. The minimum atomic E-state index is -4.55. The molecule has 7 heteroatoms. The first kappa shape index (κ1) is 19.4. The molecule has 0 aliphatic rings.